The van der Waals surface area contributed by atoms with Gasteiger partial charge in [0.05, 0.1) is 11.1 Å². The summed E-state index contributed by atoms with van der Waals surface area (Å²) >= 11 is 3.50. The number of carbonyl (C=O) groups is 1. The Labute approximate surface area is 127 Å². The number of aryl methyl sites for hydroxylation is 1. The number of ether oxygens (including phenoxy) is 1. The second kappa shape index (κ2) is 6.59. The van der Waals surface area contributed by atoms with Crippen LogP contribution in [-0.4, -0.2) is 23.7 Å². The molecule has 0 amide bonds. The van der Waals surface area contributed by atoms with Gasteiger partial charge in [0.2, 0.25) is 0 Å². The summed E-state index contributed by atoms with van der Waals surface area (Å²) in [5, 5.41) is 8.96. The molecule has 3 N–H and O–H groups in total. The van der Waals surface area contributed by atoms with Crippen molar-refractivity contribution in [2.24, 2.45) is 11.7 Å². The number of rotatable bonds is 6. The summed E-state index contributed by atoms with van der Waals surface area (Å²) in [5.74, 6) is 0.371. The molecule has 20 heavy (non-hydrogen) atoms. The van der Waals surface area contributed by atoms with Gasteiger partial charge in [-0.2, -0.15) is 0 Å². The van der Waals surface area contributed by atoms with Gasteiger partial charge in [-0.05, 0) is 58.8 Å². The van der Waals surface area contributed by atoms with E-state index < -0.39 is 12.0 Å². The average molecular weight is 342 g/mol. The molecule has 2 rings (SSSR count). The van der Waals surface area contributed by atoms with Crippen LogP contribution in [0.5, 0.6) is 5.75 Å². The van der Waals surface area contributed by atoms with Crippen molar-refractivity contribution >= 4 is 21.9 Å². The lowest BCUT2D eigenvalue weighted by atomic mass is 9.86. The summed E-state index contributed by atoms with van der Waals surface area (Å²) in [5.41, 5.74) is 7.55. The van der Waals surface area contributed by atoms with Gasteiger partial charge in [-0.1, -0.05) is 12.5 Å². The maximum absolute atomic E-state index is 10.9. The molecule has 0 aliphatic heterocycles. The van der Waals surface area contributed by atoms with Crippen LogP contribution in [0.1, 0.15) is 30.4 Å². The van der Waals surface area contributed by atoms with Gasteiger partial charge in [0.25, 0.3) is 0 Å². The summed E-state index contributed by atoms with van der Waals surface area (Å²) in [6.45, 7) is 2.66. The number of carboxylic acid groups (broad SMARTS) is 1. The fourth-order valence-electron chi connectivity index (χ4n) is 2.30. The quantitative estimate of drug-likeness (QED) is 0.834. The first-order valence-electron chi connectivity index (χ1n) is 6.87. The van der Waals surface area contributed by atoms with Crippen LogP contribution >= 0.6 is 15.9 Å². The van der Waals surface area contributed by atoms with E-state index in [1.165, 1.54) is 19.3 Å². The van der Waals surface area contributed by atoms with E-state index in [1.54, 1.807) is 0 Å². The molecule has 0 heterocycles. The molecule has 0 radical (unpaired) electrons. The van der Waals surface area contributed by atoms with Crippen molar-refractivity contribution in [3.8, 4) is 5.75 Å². The predicted molar refractivity (Wildman–Crippen MR) is 81.0 cm³/mol. The monoisotopic (exact) mass is 341 g/mol. The zero-order valence-corrected chi connectivity index (χ0v) is 13.1. The Balaban J connectivity index is 2.15. The molecule has 1 atom stereocenters. The lowest BCUT2D eigenvalue weighted by Crippen LogP contribution is -2.32. The van der Waals surface area contributed by atoms with Crippen LogP contribution in [0, 0.1) is 12.8 Å². The Hall–Kier alpha value is -1.07. The lowest BCUT2D eigenvalue weighted by molar-refractivity contribution is -0.138. The van der Waals surface area contributed by atoms with E-state index >= 15 is 0 Å². The highest BCUT2D eigenvalue weighted by Crippen LogP contribution is 2.34. The first-order chi connectivity index (χ1) is 9.47. The second-order valence-electron chi connectivity index (χ2n) is 5.49. The fourth-order valence-corrected chi connectivity index (χ4v) is 3.03. The van der Waals surface area contributed by atoms with Crippen molar-refractivity contribution in [2.45, 2.75) is 38.6 Å². The Bertz CT molecular complexity index is 500. The van der Waals surface area contributed by atoms with Crippen molar-refractivity contribution in [1.29, 1.82) is 0 Å². The van der Waals surface area contributed by atoms with E-state index in [2.05, 4.69) is 15.9 Å². The van der Waals surface area contributed by atoms with Crippen LogP contribution in [0.3, 0.4) is 0 Å². The number of benzene rings is 1. The van der Waals surface area contributed by atoms with E-state index in [4.69, 9.17) is 15.6 Å². The minimum Gasteiger partial charge on any atom is -0.492 e. The largest absolute Gasteiger partial charge is 0.492 e. The molecule has 5 heteroatoms. The van der Waals surface area contributed by atoms with Crippen LogP contribution in [0.2, 0.25) is 0 Å². The van der Waals surface area contributed by atoms with Crippen LogP contribution in [0.15, 0.2) is 16.6 Å². The van der Waals surface area contributed by atoms with Gasteiger partial charge in [0.15, 0.2) is 0 Å². The number of halogens is 1. The molecule has 1 aliphatic carbocycles. The third kappa shape index (κ3) is 3.73. The zero-order valence-electron chi connectivity index (χ0n) is 11.6. The Morgan fingerprint density at radius 1 is 1.55 bits per heavy atom. The van der Waals surface area contributed by atoms with Crippen LogP contribution in [0.25, 0.3) is 0 Å². The van der Waals surface area contributed by atoms with Crippen molar-refractivity contribution in [1.82, 2.24) is 0 Å². The Morgan fingerprint density at radius 2 is 2.25 bits per heavy atom. The van der Waals surface area contributed by atoms with E-state index in [0.717, 1.165) is 21.3 Å². The molecular weight excluding hydrogens is 322 g/mol. The fraction of sp³-hybridized carbons (Fsp3) is 0.533. The summed E-state index contributed by atoms with van der Waals surface area (Å²) in [6, 6.07) is 3.02. The number of nitrogens with two attached hydrogens (primary N) is 1. The predicted octanol–water partition coefficient (Wildman–Crippen LogP) is 2.89. The summed E-state index contributed by atoms with van der Waals surface area (Å²) in [6.07, 6.45) is 3.98. The van der Waals surface area contributed by atoms with Crippen LogP contribution in [-0.2, 0) is 11.2 Å². The minimum absolute atomic E-state index is 0.273. The van der Waals surface area contributed by atoms with Gasteiger partial charge < -0.3 is 15.6 Å². The van der Waals surface area contributed by atoms with Crippen LogP contribution in [0.4, 0.5) is 0 Å². The number of hydrogen-bond donors (Lipinski definition) is 2. The van der Waals surface area contributed by atoms with E-state index in [1.807, 2.05) is 19.1 Å². The van der Waals surface area contributed by atoms with Gasteiger partial charge in [0, 0.05) is 6.42 Å². The maximum Gasteiger partial charge on any atom is 0.320 e. The van der Waals surface area contributed by atoms with Gasteiger partial charge >= 0.3 is 5.97 Å². The van der Waals surface area contributed by atoms with Crippen molar-refractivity contribution in [2.75, 3.05) is 6.61 Å². The van der Waals surface area contributed by atoms with Gasteiger partial charge in [-0.15, -0.1) is 0 Å². The first-order valence-corrected chi connectivity index (χ1v) is 7.67. The molecule has 1 aromatic rings. The summed E-state index contributed by atoms with van der Waals surface area (Å²) < 4.78 is 6.78. The lowest BCUT2D eigenvalue weighted by Gasteiger charge is -2.26. The molecule has 1 fully saturated rings. The molecule has 0 bridgehead atoms. The average Bonchev–Trinajstić information content (AvgIpc) is 2.29. The highest BCUT2D eigenvalue weighted by molar-refractivity contribution is 9.10. The maximum atomic E-state index is 10.9. The third-order valence-electron chi connectivity index (χ3n) is 3.71. The van der Waals surface area contributed by atoms with E-state index in [-0.39, 0.29) is 6.42 Å². The molecule has 1 saturated carbocycles. The Kier molecular flexibility index (Phi) is 5.05. The van der Waals surface area contributed by atoms with Crippen molar-refractivity contribution < 1.29 is 14.6 Å². The van der Waals surface area contributed by atoms with Crippen molar-refractivity contribution in [3.63, 3.8) is 0 Å². The topological polar surface area (TPSA) is 72.5 Å². The molecule has 1 aliphatic rings. The summed E-state index contributed by atoms with van der Waals surface area (Å²) in [7, 11) is 0. The second-order valence-corrected chi connectivity index (χ2v) is 6.35. The molecule has 110 valence electrons. The smallest absolute Gasteiger partial charge is 0.320 e. The van der Waals surface area contributed by atoms with E-state index in [9.17, 15) is 4.79 Å². The highest BCUT2D eigenvalue weighted by atomic mass is 79.9. The zero-order chi connectivity index (χ0) is 14.7. The molecule has 0 aromatic heterocycles. The molecular formula is C15H20BrNO3. The molecule has 1 aromatic carbocycles. The van der Waals surface area contributed by atoms with Gasteiger partial charge in [-0.3, -0.25) is 4.79 Å². The SMILES string of the molecule is Cc1cc(Br)c(OCC2CCC2)c(CC(N)C(=O)O)c1. The van der Waals surface area contributed by atoms with Gasteiger partial charge in [0.1, 0.15) is 11.8 Å². The number of carboxylic acids is 1. The van der Waals surface area contributed by atoms with Crippen LogP contribution < -0.4 is 10.5 Å². The number of hydrogen-bond acceptors (Lipinski definition) is 3. The van der Waals surface area contributed by atoms with E-state index in [0.29, 0.717) is 12.5 Å². The van der Waals surface area contributed by atoms with Crippen molar-refractivity contribution in [3.05, 3.63) is 27.7 Å². The first kappa shape index (κ1) is 15.3. The highest BCUT2D eigenvalue weighted by Gasteiger charge is 2.21. The molecule has 4 nitrogen and oxygen atoms in total. The standard InChI is InChI=1S/C15H20BrNO3/c1-9-5-11(7-13(17)15(18)19)14(12(16)6-9)20-8-10-3-2-4-10/h5-6,10,13H,2-4,7-8,17H2,1H3,(H,18,19). The van der Waals surface area contributed by atoms with Gasteiger partial charge in [-0.25, -0.2) is 0 Å². The normalized spacial score (nSPS) is 16.6. The third-order valence-corrected chi connectivity index (χ3v) is 4.30. The summed E-state index contributed by atoms with van der Waals surface area (Å²) in [4.78, 5) is 10.9. The molecule has 0 spiro atoms. The molecule has 0 saturated heterocycles. The minimum atomic E-state index is -0.993. The number of aliphatic carboxylic acids is 1. The molecule has 1 unspecified atom stereocenters. The Morgan fingerprint density at radius 3 is 2.80 bits per heavy atom.